The molecule has 0 unspecified atom stereocenters. The van der Waals surface area contributed by atoms with Crippen LogP contribution in [0.4, 0.5) is 5.82 Å². The van der Waals surface area contributed by atoms with Crippen LogP contribution in [0.25, 0.3) is 0 Å². The summed E-state index contributed by atoms with van der Waals surface area (Å²) >= 11 is 0. The summed E-state index contributed by atoms with van der Waals surface area (Å²) in [4.78, 5) is 8.01. The van der Waals surface area contributed by atoms with Gasteiger partial charge in [0.25, 0.3) is 0 Å². The van der Waals surface area contributed by atoms with Gasteiger partial charge in [0, 0.05) is 19.2 Å². The quantitative estimate of drug-likeness (QED) is 0.698. The lowest BCUT2D eigenvalue weighted by Crippen LogP contribution is -2.11. The zero-order valence-electron chi connectivity index (χ0n) is 8.36. The van der Waals surface area contributed by atoms with Crippen molar-refractivity contribution in [2.24, 2.45) is 5.73 Å². The topological polar surface area (TPSA) is 73.1 Å². The fourth-order valence-electron chi connectivity index (χ4n) is 0.932. The summed E-state index contributed by atoms with van der Waals surface area (Å²) < 4.78 is 5.26. The van der Waals surface area contributed by atoms with E-state index in [4.69, 9.17) is 10.5 Å². The maximum atomic E-state index is 5.31. The van der Waals surface area contributed by atoms with Gasteiger partial charge >= 0.3 is 0 Å². The molecule has 0 amide bonds. The van der Waals surface area contributed by atoms with E-state index in [1.54, 1.807) is 6.07 Å². The molecule has 0 saturated carbocycles. The number of rotatable bonds is 6. The average molecular weight is 196 g/mol. The molecule has 0 aliphatic carbocycles. The fraction of sp³-hybridized carbons (Fsp3) is 0.556. The molecule has 1 heterocycles. The van der Waals surface area contributed by atoms with E-state index in [1.807, 2.05) is 0 Å². The molecule has 78 valence electrons. The molecule has 1 aromatic heterocycles. The highest BCUT2D eigenvalue weighted by Gasteiger charge is 1.97. The smallest absolute Gasteiger partial charge is 0.218 e. The number of nitrogens with one attached hydrogen (secondary N) is 1. The number of nitrogens with two attached hydrogens (primary N) is 1. The molecule has 0 aromatic carbocycles. The zero-order chi connectivity index (χ0) is 10.2. The van der Waals surface area contributed by atoms with Crippen LogP contribution in [0.5, 0.6) is 5.88 Å². The molecule has 0 bridgehead atoms. The molecule has 0 radical (unpaired) electrons. The number of hydrogen-bond acceptors (Lipinski definition) is 5. The Bertz CT molecular complexity index is 243. The van der Waals surface area contributed by atoms with E-state index in [1.165, 1.54) is 6.33 Å². The van der Waals surface area contributed by atoms with E-state index >= 15 is 0 Å². The standard InChI is InChI=1S/C9H16N4O/c1-2-4-11-8-6-9(13-7-12-8)14-5-3-10/h6-7H,2-5,10H2,1H3,(H,11,12,13). The first-order chi connectivity index (χ1) is 6.86. The third kappa shape index (κ3) is 3.57. The fourth-order valence-corrected chi connectivity index (χ4v) is 0.932. The monoisotopic (exact) mass is 196 g/mol. The van der Waals surface area contributed by atoms with Crippen LogP contribution in [0.3, 0.4) is 0 Å². The van der Waals surface area contributed by atoms with Gasteiger partial charge < -0.3 is 15.8 Å². The predicted molar refractivity (Wildman–Crippen MR) is 55.4 cm³/mol. The van der Waals surface area contributed by atoms with Gasteiger partial charge in [-0.25, -0.2) is 9.97 Å². The van der Waals surface area contributed by atoms with E-state index in [2.05, 4.69) is 22.2 Å². The van der Waals surface area contributed by atoms with Crippen molar-refractivity contribution in [2.75, 3.05) is 25.0 Å². The van der Waals surface area contributed by atoms with Crippen LogP contribution in [0.15, 0.2) is 12.4 Å². The summed E-state index contributed by atoms with van der Waals surface area (Å²) in [5.74, 6) is 1.35. The maximum absolute atomic E-state index is 5.31. The van der Waals surface area contributed by atoms with Crippen LogP contribution in [0, 0.1) is 0 Å². The molecule has 0 fully saturated rings. The molecule has 3 N–H and O–H groups in total. The Morgan fingerprint density at radius 1 is 1.50 bits per heavy atom. The molecule has 5 heteroatoms. The van der Waals surface area contributed by atoms with E-state index in [-0.39, 0.29) is 0 Å². The van der Waals surface area contributed by atoms with Crippen molar-refractivity contribution in [2.45, 2.75) is 13.3 Å². The molecular formula is C9H16N4O. The van der Waals surface area contributed by atoms with Crippen LogP contribution >= 0.6 is 0 Å². The van der Waals surface area contributed by atoms with Crippen LogP contribution < -0.4 is 15.8 Å². The Morgan fingerprint density at radius 2 is 2.36 bits per heavy atom. The third-order valence-corrected chi connectivity index (χ3v) is 1.57. The highest BCUT2D eigenvalue weighted by Crippen LogP contribution is 2.10. The molecule has 14 heavy (non-hydrogen) atoms. The largest absolute Gasteiger partial charge is 0.476 e. The van der Waals surface area contributed by atoms with E-state index in [9.17, 15) is 0 Å². The highest BCUT2D eigenvalue weighted by atomic mass is 16.5. The molecule has 0 spiro atoms. The summed E-state index contributed by atoms with van der Waals surface area (Å²) in [6, 6.07) is 1.77. The summed E-state index contributed by atoms with van der Waals surface area (Å²) in [6.45, 7) is 3.96. The second kappa shape index (κ2) is 6.15. The first-order valence-electron chi connectivity index (χ1n) is 4.75. The van der Waals surface area contributed by atoms with Crippen molar-refractivity contribution < 1.29 is 4.74 Å². The molecule has 0 aliphatic rings. The number of anilines is 1. The Kier molecular flexibility index (Phi) is 4.71. The van der Waals surface area contributed by atoms with E-state index < -0.39 is 0 Å². The first kappa shape index (κ1) is 10.7. The van der Waals surface area contributed by atoms with Gasteiger partial charge in [0.05, 0.1) is 0 Å². The number of hydrogen-bond donors (Lipinski definition) is 2. The van der Waals surface area contributed by atoms with Gasteiger partial charge in [-0.2, -0.15) is 0 Å². The predicted octanol–water partition coefficient (Wildman–Crippen LogP) is 0.636. The Labute approximate surface area is 83.7 Å². The minimum atomic E-state index is 0.476. The van der Waals surface area contributed by atoms with E-state index in [0.29, 0.717) is 19.0 Å². The summed E-state index contributed by atoms with van der Waals surface area (Å²) in [5.41, 5.74) is 5.31. The SMILES string of the molecule is CCCNc1cc(OCCN)ncn1. The van der Waals surface area contributed by atoms with Gasteiger partial charge in [-0.1, -0.05) is 6.92 Å². The lowest BCUT2D eigenvalue weighted by atomic mass is 10.4. The van der Waals surface area contributed by atoms with Crippen LogP contribution in [0.2, 0.25) is 0 Å². The summed E-state index contributed by atoms with van der Waals surface area (Å²) in [7, 11) is 0. The lowest BCUT2D eigenvalue weighted by molar-refractivity contribution is 0.315. The molecular weight excluding hydrogens is 180 g/mol. The van der Waals surface area contributed by atoms with Crippen molar-refractivity contribution in [3.63, 3.8) is 0 Å². The molecule has 0 aliphatic heterocycles. The molecule has 5 nitrogen and oxygen atoms in total. The van der Waals surface area contributed by atoms with Gasteiger partial charge in [-0.15, -0.1) is 0 Å². The van der Waals surface area contributed by atoms with Gasteiger partial charge in [0.15, 0.2) is 0 Å². The van der Waals surface area contributed by atoms with Crippen LogP contribution in [-0.2, 0) is 0 Å². The van der Waals surface area contributed by atoms with Crippen molar-refractivity contribution in [3.8, 4) is 5.88 Å². The minimum Gasteiger partial charge on any atom is -0.476 e. The molecule has 0 saturated heterocycles. The highest BCUT2D eigenvalue weighted by molar-refractivity contribution is 5.36. The van der Waals surface area contributed by atoms with Crippen molar-refractivity contribution >= 4 is 5.82 Å². The molecule has 0 atom stereocenters. The van der Waals surface area contributed by atoms with Crippen molar-refractivity contribution in [1.29, 1.82) is 0 Å². The van der Waals surface area contributed by atoms with E-state index in [0.717, 1.165) is 18.8 Å². The normalized spacial score (nSPS) is 9.86. The Balaban J connectivity index is 2.50. The zero-order valence-corrected chi connectivity index (χ0v) is 8.36. The van der Waals surface area contributed by atoms with Gasteiger partial charge in [-0.05, 0) is 6.42 Å². The van der Waals surface area contributed by atoms with Crippen LogP contribution in [-0.4, -0.2) is 29.7 Å². The third-order valence-electron chi connectivity index (χ3n) is 1.57. The second-order valence-electron chi connectivity index (χ2n) is 2.81. The van der Waals surface area contributed by atoms with Gasteiger partial charge in [0.1, 0.15) is 18.8 Å². The Morgan fingerprint density at radius 3 is 3.07 bits per heavy atom. The second-order valence-corrected chi connectivity index (χ2v) is 2.81. The summed E-state index contributed by atoms with van der Waals surface area (Å²) in [5, 5.41) is 3.15. The number of ether oxygens (including phenoxy) is 1. The van der Waals surface area contributed by atoms with Crippen molar-refractivity contribution in [3.05, 3.63) is 12.4 Å². The average Bonchev–Trinajstić information content (AvgIpc) is 2.24. The summed E-state index contributed by atoms with van der Waals surface area (Å²) in [6.07, 6.45) is 2.53. The Hall–Kier alpha value is -1.36. The maximum Gasteiger partial charge on any atom is 0.218 e. The number of aromatic nitrogens is 2. The molecule has 1 aromatic rings. The lowest BCUT2D eigenvalue weighted by Gasteiger charge is -2.06. The minimum absolute atomic E-state index is 0.476. The van der Waals surface area contributed by atoms with Gasteiger partial charge in [-0.3, -0.25) is 0 Å². The van der Waals surface area contributed by atoms with Gasteiger partial charge in [0.2, 0.25) is 5.88 Å². The van der Waals surface area contributed by atoms with Crippen LogP contribution in [0.1, 0.15) is 13.3 Å². The first-order valence-corrected chi connectivity index (χ1v) is 4.75. The van der Waals surface area contributed by atoms with Crippen molar-refractivity contribution in [1.82, 2.24) is 9.97 Å². The number of nitrogens with zero attached hydrogens (tertiary/aromatic N) is 2. The molecule has 1 rings (SSSR count).